The summed E-state index contributed by atoms with van der Waals surface area (Å²) in [5.74, 6) is 0.602. The van der Waals surface area contributed by atoms with Gasteiger partial charge in [-0.3, -0.25) is 0 Å². The molecule has 0 aliphatic carbocycles. The standard InChI is InChI=1S/C16H34O2/c1-13(2)11-17-14(3)9-10-18-16(7,8)12-15(4,5)6/h13-14H,9-12H2,1-8H3. The molecule has 110 valence electrons. The second-order valence-electron chi connectivity index (χ2n) is 7.67. The highest BCUT2D eigenvalue weighted by Gasteiger charge is 2.26. The summed E-state index contributed by atoms with van der Waals surface area (Å²) in [4.78, 5) is 0. The predicted octanol–water partition coefficient (Wildman–Crippen LogP) is 4.67. The van der Waals surface area contributed by atoms with Gasteiger partial charge in [0.25, 0.3) is 0 Å². The molecule has 0 aromatic heterocycles. The maximum Gasteiger partial charge on any atom is 0.0631 e. The summed E-state index contributed by atoms with van der Waals surface area (Å²) < 4.78 is 11.7. The van der Waals surface area contributed by atoms with Crippen LogP contribution >= 0.6 is 0 Å². The van der Waals surface area contributed by atoms with E-state index in [0.29, 0.717) is 11.3 Å². The Labute approximate surface area is 114 Å². The summed E-state index contributed by atoms with van der Waals surface area (Å²) in [6, 6.07) is 0. The maximum atomic E-state index is 6.00. The van der Waals surface area contributed by atoms with Gasteiger partial charge in [0.15, 0.2) is 0 Å². The molecular formula is C16H34O2. The molecule has 0 amide bonds. The SMILES string of the molecule is CC(C)COC(C)CCOC(C)(C)CC(C)(C)C. The van der Waals surface area contributed by atoms with Crippen molar-refractivity contribution in [3.63, 3.8) is 0 Å². The molecule has 2 nitrogen and oxygen atoms in total. The van der Waals surface area contributed by atoms with Crippen molar-refractivity contribution in [1.82, 2.24) is 0 Å². The van der Waals surface area contributed by atoms with E-state index in [1.807, 2.05) is 0 Å². The Morgan fingerprint density at radius 3 is 1.94 bits per heavy atom. The van der Waals surface area contributed by atoms with Crippen molar-refractivity contribution >= 4 is 0 Å². The zero-order chi connectivity index (χ0) is 14.4. The first kappa shape index (κ1) is 17.9. The molecule has 0 fully saturated rings. The third kappa shape index (κ3) is 11.0. The lowest BCUT2D eigenvalue weighted by Crippen LogP contribution is -2.31. The Balaban J connectivity index is 3.82. The van der Waals surface area contributed by atoms with Gasteiger partial charge >= 0.3 is 0 Å². The third-order valence-corrected chi connectivity index (χ3v) is 2.69. The first-order chi connectivity index (χ1) is 8.02. The molecule has 0 heterocycles. The lowest BCUT2D eigenvalue weighted by molar-refractivity contribution is -0.0603. The zero-order valence-electron chi connectivity index (χ0n) is 13.8. The zero-order valence-corrected chi connectivity index (χ0v) is 13.8. The lowest BCUT2D eigenvalue weighted by atomic mass is 9.83. The van der Waals surface area contributed by atoms with Crippen LogP contribution in [0.2, 0.25) is 0 Å². The van der Waals surface area contributed by atoms with Crippen LogP contribution in [0.25, 0.3) is 0 Å². The van der Waals surface area contributed by atoms with E-state index in [2.05, 4.69) is 55.4 Å². The minimum atomic E-state index is -0.0456. The highest BCUT2D eigenvalue weighted by molar-refractivity contribution is 4.77. The van der Waals surface area contributed by atoms with Crippen molar-refractivity contribution in [2.75, 3.05) is 13.2 Å². The van der Waals surface area contributed by atoms with E-state index in [-0.39, 0.29) is 11.7 Å². The summed E-state index contributed by atoms with van der Waals surface area (Å²) in [6.45, 7) is 19.2. The quantitative estimate of drug-likeness (QED) is 0.630. The monoisotopic (exact) mass is 258 g/mol. The van der Waals surface area contributed by atoms with Crippen molar-refractivity contribution < 1.29 is 9.47 Å². The van der Waals surface area contributed by atoms with Crippen LogP contribution in [0.4, 0.5) is 0 Å². The smallest absolute Gasteiger partial charge is 0.0631 e. The fraction of sp³-hybridized carbons (Fsp3) is 1.00. The van der Waals surface area contributed by atoms with Crippen molar-refractivity contribution in [3.8, 4) is 0 Å². The summed E-state index contributed by atoms with van der Waals surface area (Å²) >= 11 is 0. The van der Waals surface area contributed by atoms with Crippen LogP contribution in [0, 0.1) is 11.3 Å². The van der Waals surface area contributed by atoms with E-state index in [1.165, 1.54) is 0 Å². The van der Waals surface area contributed by atoms with E-state index in [0.717, 1.165) is 26.1 Å². The predicted molar refractivity (Wildman–Crippen MR) is 79.0 cm³/mol. The Kier molecular flexibility index (Phi) is 7.46. The fourth-order valence-corrected chi connectivity index (χ4v) is 2.27. The van der Waals surface area contributed by atoms with Gasteiger partial charge in [-0.05, 0) is 44.9 Å². The van der Waals surface area contributed by atoms with E-state index >= 15 is 0 Å². The molecule has 0 aliphatic rings. The van der Waals surface area contributed by atoms with Crippen molar-refractivity contribution in [3.05, 3.63) is 0 Å². The second kappa shape index (κ2) is 7.49. The topological polar surface area (TPSA) is 18.5 Å². The Morgan fingerprint density at radius 2 is 1.50 bits per heavy atom. The van der Waals surface area contributed by atoms with Gasteiger partial charge in [-0.2, -0.15) is 0 Å². The van der Waals surface area contributed by atoms with Gasteiger partial charge in [-0.1, -0.05) is 34.6 Å². The van der Waals surface area contributed by atoms with Crippen LogP contribution in [0.15, 0.2) is 0 Å². The van der Waals surface area contributed by atoms with Crippen LogP contribution in [0.1, 0.15) is 68.2 Å². The maximum absolute atomic E-state index is 6.00. The third-order valence-electron chi connectivity index (χ3n) is 2.69. The largest absolute Gasteiger partial charge is 0.378 e. The van der Waals surface area contributed by atoms with E-state index in [4.69, 9.17) is 9.47 Å². The van der Waals surface area contributed by atoms with Crippen LogP contribution in [-0.4, -0.2) is 24.9 Å². The van der Waals surface area contributed by atoms with E-state index in [1.54, 1.807) is 0 Å². The molecule has 18 heavy (non-hydrogen) atoms. The highest BCUT2D eigenvalue weighted by Crippen LogP contribution is 2.29. The first-order valence-electron chi connectivity index (χ1n) is 7.27. The molecular weight excluding hydrogens is 224 g/mol. The number of ether oxygens (including phenoxy) is 2. The van der Waals surface area contributed by atoms with Crippen molar-refractivity contribution in [2.24, 2.45) is 11.3 Å². The normalized spacial score (nSPS) is 15.2. The van der Waals surface area contributed by atoms with Crippen LogP contribution in [0.5, 0.6) is 0 Å². The molecule has 0 rings (SSSR count). The minimum absolute atomic E-state index is 0.0456. The molecule has 0 radical (unpaired) electrons. The van der Waals surface area contributed by atoms with Gasteiger partial charge in [0.1, 0.15) is 0 Å². The van der Waals surface area contributed by atoms with Gasteiger partial charge in [-0.15, -0.1) is 0 Å². The Hall–Kier alpha value is -0.0800. The Bertz CT molecular complexity index is 214. The number of rotatable bonds is 8. The summed E-state index contributed by atoms with van der Waals surface area (Å²) in [7, 11) is 0. The fourth-order valence-electron chi connectivity index (χ4n) is 2.27. The van der Waals surface area contributed by atoms with Gasteiger partial charge in [0, 0.05) is 13.2 Å². The van der Waals surface area contributed by atoms with Crippen LogP contribution in [-0.2, 0) is 9.47 Å². The summed E-state index contributed by atoms with van der Waals surface area (Å²) in [6.07, 6.45) is 2.33. The molecule has 1 atom stereocenters. The molecule has 0 spiro atoms. The number of hydrogen-bond donors (Lipinski definition) is 0. The molecule has 0 N–H and O–H groups in total. The average Bonchev–Trinajstić information content (AvgIpc) is 2.10. The summed E-state index contributed by atoms with van der Waals surface area (Å²) in [5.41, 5.74) is 0.263. The second-order valence-corrected chi connectivity index (χ2v) is 7.67. The summed E-state index contributed by atoms with van der Waals surface area (Å²) in [5, 5.41) is 0. The van der Waals surface area contributed by atoms with Gasteiger partial charge in [0.05, 0.1) is 11.7 Å². The van der Waals surface area contributed by atoms with Crippen LogP contribution in [0.3, 0.4) is 0 Å². The Morgan fingerprint density at radius 1 is 0.944 bits per heavy atom. The first-order valence-corrected chi connectivity index (χ1v) is 7.27. The molecule has 0 aromatic carbocycles. The molecule has 1 unspecified atom stereocenters. The minimum Gasteiger partial charge on any atom is -0.378 e. The number of hydrogen-bond acceptors (Lipinski definition) is 2. The van der Waals surface area contributed by atoms with Gasteiger partial charge < -0.3 is 9.47 Å². The van der Waals surface area contributed by atoms with E-state index < -0.39 is 0 Å². The molecule has 0 aliphatic heterocycles. The lowest BCUT2D eigenvalue weighted by Gasteiger charge is -2.33. The molecule has 0 saturated carbocycles. The van der Waals surface area contributed by atoms with Gasteiger partial charge in [0.2, 0.25) is 0 Å². The molecule has 0 saturated heterocycles. The van der Waals surface area contributed by atoms with Crippen molar-refractivity contribution in [2.45, 2.75) is 79.9 Å². The van der Waals surface area contributed by atoms with Crippen LogP contribution < -0.4 is 0 Å². The highest BCUT2D eigenvalue weighted by atomic mass is 16.5. The molecule has 0 bridgehead atoms. The molecule has 2 heteroatoms. The van der Waals surface area contributed by atoms with Crippen molar-refractivity contribution in [1.29, 1.82) is 0 Å². The molecule has 0 aromatic rings. The van der Waals surface area contributed by atoms with E-state index in [9.17, 15) is 0 Å². The average molecular weight is 258 g/mol. The van der Waals surface area contributed by atoms with Gasteiger partial charge in [-0.25, -0.2) is 0 Å².